The molecule has 1 amide bonds. The Morgan fingerprint density at radius 2 is 2.22 bits per heavy atom. The van der Waals surface area contributed by atoms with E-state index in [-0.39, 0.29) is 12.3 Å². The van der Waals surface area contributed by atoms with E-state index in [1.54, 1.807) is 0 Å². The molecule has 2 rings (SSSR count). The minimum atomic E-state index is -0.900. The normalized spacial score (nSPS) is 18.9. The van der Waals surface area contributed by atoms with Gasteiger partial charge in [0.15, 0.2) is 0 Å². The van der Waals surface area contributed by atoms with Crippen LogP contribution in [0.15, 0.2) is 24.3 Å². The van der Waals surface area contributed by atoms with Crippen LogP contribution in [-0.4, -0.2) is 34.5 Å². The van der Waals surface area contributed by atoms with Gasteiger partial charge in [-0.05, 0) is 53.1 Å². The van der Waals surface area contributed by atoms with Crippen LogP contribution in [0.1, 0.15) is 18.4 Å². The second-order valence-electron chi connectivity index (χ2n) is 4.39. The molecule has 1 atom stereocenters. The van der Waals surface area contributed by atoms with Crippen molar-refractivity contribution in [2.45, 2.75) is 25.3 Å². The van der Waals surface area contributed by atoms with E-state index in [2.05, 4.69) is 22.6 Å². The Kier molecular flexibility index (Phi) is 4.21. The van der Waals surface area contributed by atoms with Crippen molar-refractivity contribution in [3.63, 3.8) is 0 Å². The molecule has 1 fully saturated rings. The van der Waals surface area contributed by atoms with Gasteiger partial charge in [-0.3, -0.25) is 4.79 Å². The Morgan fingerprint density at radius 1 is 1.44 bits per heavy atom. The lowest BCUT2D eigenvalue weighted by Gasteiger charge is -2.21. The van der Waals surface area contributed by atoms with Crippen LogP contribution < -0.4 is 0 Å². The number of hydrogen-bond donors (Lipinski definition) is 1. The molecule has 4 nitrogen and oxygen atoms in total. The lowest BCUT2D eigenvalue weighted by Crippen LogP contribution is -2.41. The average molecular weight is 359 g/mol. The minimum absolute atomic E-state index is 0.0955. The number of likely N-dealkylation sites (tertiary alicyclic amines) is 1. The first-order valence-corrected chi connectivity index (χ1v) is 6.92. The van der Waals surface area contributed by atoms with Crippen molar-refractivity contribution in [2.24, 2.45) is 0 Å². The van der Waals surface area contributed by atoms with E-state index in [1.807, 2.05) is 24.3 Å². The van der Waals surface area contributed by atoms with Gasteiger partial charge in [0, 0.05) is 10.1 Å². The molecule has 18 heavy (non-hydrogen) atoms. The maximum atomic E-state index is 12.1. The lowest BCUT2D eigenvalue weighted by atomic mass is 10.1. The predicted molar refractivity (Wildman–Crippen MR) is 75.2 cm³/mol. The summed E-state index contributed by atoms with van der Waals surface area (Å²) < 4.78 is 1.08. The zero-order chi connectivity index (χ0) is 13.1. The summed E-state index contributed by atoms with van der Waals surface area (Å²) >= 11 is 2.20. The van der Waals surface area contributed by atoms with E-state index in [9.17, 15) is 9.59 Å². The van der Waals surface area contributed by atoms with Crippen molar-refractivity contribution in [3.05, 3.63) is 33.4 Å². The summed E-state index contributed by atoms with van der Waals surface area (Å²) in [5.74, 6) is -0.995. The molecule has 5 heteroatoms. The number of benzene rings is 1. The van der Waals surface area contributed by atoms with Crippen molar-refractivity contribution in [1.82, 2.24) is 4.90 Å². The lowest BCUT2D eigenvalue weighted by molar-refractivity contribution is -0.148. The summed E-state index contributed by atoms with van der Waals surface area (Å²) in [4.78, 5) is 24.6. The van der Waals surface area contributed by atoms with Gasteiger partial charge in [-0.2, -0.15) is 0 Å². The quantitative estimate of drug-likeness (QED) is 0.839. The van der Waals surface area contributed by atoms with Crippen molar-refractivity contribution >= 4 is 34.5 Å². The van der Waals surface area contributed by atoms with Crippen LogP contribution in [0.2, 0.25) is 0 Å². The molecule has 1 saturated heterocycles. The number of amides is 1. The Hall–Kier alpha value is -1.11. The highest BCUT2D eigenvalue weighted by Crippen LogP contribution is 2.19. The number of carboxylic acids is 1. The predicted octanol–water partition coefficient (Wildman–Crippen LogP) is 1.91. The van der Waals surface area contributed by atoms with Gasteiger partial charge >= 0.3 is 5.97 Å². The van der Waals surface area contributed by atoms with Crippen molar-refractivity contribution in [1.29, 1.82) is 0 Å². The summed E-state index contributed by atoms with van der Waals surface area (Å²) in [7, 11) is 0. The van der Waals surface area contributed by atoms with Crippen molar-refractivity contribution in [2.75, 3.05) is 6.54 Å². The fourth-order valence-electron chi connectivity index (χ4n) is 2.25. The van der Waals surface area contributed by atoms with Gasteiger partial charge in [0.05, 0.1) is 6.42 Å². The number of aliphatic carboxylic acids is 1. The highest BCUT2D eigenvalue weighted by Gasteiger charge is 2.33. The van der Waals surface area contributed by atoms with Crippen LogP contribution in [0.4, 0.5) is 0 Å². The van der Waals surface area contributed by atoms with Crippen LogP contribution in [0.5, 0.6) is 0 Å². The molecule has 1 aliphatic heterocycles. The molecule has 1 aliphatic rings. The molecule has 0 aromatic heterocycles. The molecule has 1 aromatic carbocycles. The highest BCUT2D eigenvalue weighted by molar-refractivity contribution is 14.1. The van der Waals surface area contributed by atoms with Crippen molar-refractivity contribution in [3.8, 4) is 0 Å². The van der Waals surface area contributed by atoms with Gasteiger partial charge in [0.25, 0.3) is 0 Å². The number of nitrogens with zero attached hydrogens (tertiary/aromatic N) is 1. The summed E-state index contributed by atoms with van der Waals surface area (Å²) in [6, 6.07) is 7.07. The SMILES string of the molecule is O=C(O)[C@H]1CCCN1C(=O)Cc1cccc(I)c1. The van der Waals surface area contributed by atoms with E-state index in [0.29, 0.717) is 13.0 Å². The Balaban J connectivity index is 2.06. The molecule has 0 aliphatic carbocycles. The first-order chi connectivity index (χ1) is 8.58. The summed E-state index contributed by atoms with van der Waals surface area (Å²) in [5.41, 5.74) is 0.933. The van der Waals surface area contributed by atoms with Crippen LogP contribution in [0.25, 0.3) is 0 Å². The zero-order valence-electron chi connectivity index (χ0n) is 9.80. The number of carboxylic acid groups (broad SMARTS) is 1. The van der Waals surface area contributed by atoms with Crippen LogP contribution >= 0.6 is 22.6 Å². The van der Waals surface area contributed by atoms with Crippen LogP contribution in [-0.2, 0) is 16.0 Å². The van der Waals surface area contributed by atoms with E-state index in [1.165, 1.54) is 4.90 Å². The smallest absolute Gasteiger partial charge is 0.326 e. The molecule has 1 aromatic rings. The fourth-order valence-corrected chi connectivity index (χ4v) is 2.85. The maximum Gasteiger partial charge on any atom is 0.326 e. The summed E-state index contributed by atoms with van der Waals surface area (Å²) in [6.45, 7) is 0.555. The summed E-state index contributed by atoms with van der Waals surface area (Å²) in [5, 5.41) is 9.05. The second-order valence-corrected chi connectivity index (χ2v) is 5.64. The van der Waals surface area contributed by atoms with Gasteiger partial charge < -0.3 is 10.0 Å². The molecule has 0 saturated carbocycles. The van der Waals surface area contributed by atoms with Gasteiger partial charge in [-0.25, -0.2) is 4.79 Å². The first kappa shape index (κ1) is 13.3. The highest BCUT2D eigenvalue weighted by atomic mass is 127. The number of hydrogen-bond acceptors (Lipinski definition) is 2. The van der Waals surface area contributed by atoms with E-state index < -0.39 is 12.0 Å². The number of carbonyl (C=O) groups is 2. The third-order valence-corrected chi connectivity index (χ3v) is 3.77. The molecular weight excluding hydrogens is 345 g/mol. The van der Waals surface area contributed by atoms with E-state index in [4.69, 9.17) is 5.11 Å². The van der Waals surface area contributed by atoms with E-state index in [0.717, 1.165) is 15.6 Å². The Morgan fingerprint density at radius 3 is 2.89 bits per heavy atom. The van der Waals surface area contributed by atoms with Gasteiger partial charge in [-0.15, -0.1) is 0 Å². The molecule has 1 N–H and O–H groups in total. The number of rotatable bonds is 3. The standard InChI is InChI=1S/C13H14INO3/c14-10-4-1-3-9(7-10)8-12(16)15-6-2-5-11(15)13(17)18/h1,3-4,7,11H,2,5-6,8H2,(H,17,18)/t11-/m1/s1. The average Bonchev–Trinajstić information content (AvgIpc) is 2.77. The first-order valence-electron chi connectivity index (χ1n) is 5.84. The van der Waals surface area contributed by atoms with Gasteiger partial charge in [-0.1, -0.05) is 12.1 Å². The van der Waals surface area contributed by atoms with E-state index >= 15 is 0 Å². The van der Waals surface area contributed by atoms with Gasteiger partial charge in [0.1, 0.15) is 6.04 Å². The Bertz CT molecular complexity index is 475. The number of carbonyl (C=O) groups excluding carboxylic acids is 1. The third-order valence-electron chi connectivity index (χ3n) is 3.10. The summed E-state index contributed by atoms with van der Waals surface area (Å²) in [6.07, 6.45) is 1.61. The molecule has 96 valence electrons. The number of halogens is 1. The van der Waals surface area contributed by atoms with Crippen LogP contribution in [0, 0.1) is 3.57 Å². The van der Waals surface area contributed by atoms with Crippen molar-refractivity contribution < 1.29 is 14.7 Å². The largest absolute Gasteiger partial charge is 0.480 e. The van der Waals surface area contributed by atoms with Crippen LogP contribution in [0.3, 0.4) is 0 Å². The Labute approximate surface area is 119 Å². The molecule has 0 unspecified atom stereocenters. The monoisotopic (exact) mass is 359 g/mol. The third kappa shape index (κ3) is 3.01. The molecule has 0 radical (unpaired) electrons. The molecule has 0 spiro atoms. The maximum absolute atomic E-state index is 12.1. The second kappa shape index (κ2) is 5.69. The van der Waals surface area contributed by atoms with Gasteiger partial charge in [0.2, 0.25) is 5.91 Å². The molecule has 0 bridgehead atoms. The minimum Gasteiger partial charge on any atom is -0.480 e. The zero-order valence-corrected chi connectivity index (χ0v) is 12.0. The molecule has 1 heterocycles. The fraction of sp³-hybridized carbons (Fsp3) is 0.385. The molecular formula is C13H14INO3. The topological polar surface area (TPSA) is 57.6 Å².